The van der Waals surface area contributed by atoms with Crippen LogP contribution >= 0.6 is 0 Å². The molecule has 5 nitrogen and oxygen atoms in total. The molecule has 1 saturated carbocycles. The van der Waals surface area contributed by atoms with Crippen molar-refractivity contribution in [2.24, 2.45) is 16.1 Å². The van der Waals surface area contributed by atoms with Gasteiger partial charge in [0.1, 0.15) is 0 Å². The number of aryl methyl sites for hydroxylation is 1. The lowest BCUT2D eigenvalue weighted by atomic mass is 9.81. The molecule has 0 spiro atoms. The van der Waals surface area contributed by atoms with Crippen molar-refractivity contribution >= 4 is 24.7 Å². The van der Waals surface area contributed by atoms with E-state index in [4.69, 9.17) is 4.84 Å². The van der Waals surface area contributed by atoms with Gasteiger partial charge >= 0.3 is 0 Å². The molecule has 0 heterocycles. The maximum atomic E-state index is 12.9. The molecule has 0 radical (unpaired) electrons. The van der Waals surface area contributed by atoms with Gasteiger partial charge in [0.25, 0.3) is 0 Å². The zero-order valence-corrected chi connectivity index (χ0v) is 12.2. The summed E-state index contributed by atoms with van der Waals surface area (Å²) in [6.45, 7) is 5.31. The van der Waals surface area contributed by atoms with Gasteiger partial charge in [0, 0.05) is 31.2 Å². The first-order valence-corrected chi connectivity index (χ1v) is 6.80. The molecule has 1 N–H and O–H groups in total. The largest absolute Gasteiger partial charge is 0.342 e. The van der Waals surface area contributed by atoms with Gasteiger partial charge in [-0.2, -0.15) is 0 Å². The van der Waals surface area contributed by atoms with Crippen LogP contribution in [0.15, 0.2) is 28.3 Å². The molecule has 0 aromatic heterocycles. The van der Waals surface area contributed by atoms with Gasteiger partial charge in [0.05, 0.1) is 6.54 Å². The Kier molecular flexibility index (Phi) is 4.85. The fourth-order valence-electron chi connectivity index (χ4n) is 2.29. The van der Waals surface area contributed by atoms with Crippen molar-refractivity contribution in [3.8, 4) is 0 Å². The Morgan fingerprint density at radius 1 is 1.55 bits per heavy atom. The second-order valence-electron chi connectivity index (χ2n) is 5.25. The summed E-state index contributed by atoms with van der Waals surface area (Å²) in [7, 11) is 0. The van der Waals surface area contributed by atoms with Crippen molar-refractivity contribution < 1.29 is 18.4 Å². The predicted octanol–water partition coefficient (Wildman–Crippen LogP) is 3.14. The summed E-state index contributed by atoms with van der Waals surface area (Å²) in [5.41, 5.74) is 2.43. The van der Waals surface area contributed by atoms with E-state index in [1.165, 1.54) is 0 Å². The van der Waals surface area contributed by atoms with Gasteiger partial charge in [-0.05, 0) is 24.1 Å². The van der Waals surface area contributed by atoms with Crippen LogP contribution in [0.25, 0.3) is 0 Å². The zero-order valence-electron chi connectivity index (χ0n) is 12.2. The van der Waals surface area contributed by atoms with E-state index in [0.717, 1.165) is 11.1 Å². The van der Waals surface area contributed by atoms with Gasteiger partial charge in [-0.3, -0.25) is 4.79 Å². The molecular weight excluding hydrogens is 292 g/mol. The SMILES string of the molecule is C=NOC(=NCc1ccc(C)c(NC=O)c1)C1CC(F)(F)C1. The Labute approximate surface area is 127 Å². The van der Waals surface area contributed by atoms with Gasteiger partial charge in [-0.25, -0.2) is 13.8 Å². The average molecular weight is 309 g/mol. The number of anilines is 1. The van der Waals surface area contributed by atoms with Crippen LogP contribution in [0, 0.1) is 12.8 Å². The molecule has 1 aromatic rings. The minimum Gasteiger partial charge on any atom is -0.342 e. The summed E-state index contributed by atoms with van der Waals surface area (Å²) >= 11 is 0. The number of carbonyl (C=O) groups excluding carboxylic acids is 1. The van der Waals surface area contributed by atoms with E-state index >= 15 is 0 Å². The molecule has 1 aliphatic rings. The van der Waals surface area contributed by atoms with E-state index in [-0.39, 0.29) is 25.3 Å². The minimum atomic E-state index is -2.65. The Morgan fingerprint density at radius 2 is 2.27 bits per heavy atom. The smallest absolute Gasteiger partial charge is 0.249 e. The first-order valence-electron chi connectivity index (χ1n) is 6.80. The lowest BCUT2D eigenvalue weighted by molar-refractivity contribution is -0.105. The van der Waals surface area contributed by atoms with Gasteiger partial charge in [-0.1, -0.05) is 17.3 Å². The van der Waals surface area contributed by atoms with E-state index in [0.29, 0.717) is 12.1 Å². The second kappa shape index (κ2) is 6.64. The molecule has 0 saturated heterocycles. The van der Waals surface area contributed by atoms with Crippen LogP contribution in [0.5, 0.6) is 0 Å². The minimum absolute atomic E-state index is 0.173. The second-order valence-corrected chi connectivity index (χ2v) is 5.25. The van der Waals surface area contributed by atoms with Crippen molar-refractivity contribution in [1.29, 1.82) is 0 Å². The number of oxime groups is 1. The van der Waals surface area contributed by atoms with Crippen molar-refractivity contribution in [2.75, 3.05) is 5.32 Å². The Hall–Kier alpha value is -2.31. The Morgan fingerprint density at radius 3 is 2.86 bits per heavy atom. The summed E-state index contributed by atoms with van der Waals surface area (Å²) in [5, 5.41) is 5.87. The first-order chi connectivity index (χ1) is 10.4. The standard InChI is InChI=1S/C15H17F2N3O2/c1-10-3-4-11(5-13(10)20-9-21)8-19-14(22-18-2)12-6-15(16,17)7-12/h3-5,9,12H,2,6-8H2,1H3,(H,20,21). The number of carbonyl (C=O) groups is 1. The van der Waals surface area contributed by atoms with Crippen molar-refractivity contribution in [2.45, 2.75) is 32.2 Å². The molecule has 1 aliphatic carbocycles. The molecule has 7 heteroatoms. The molecule has 0 unspecified atom stereocenters. The average Bonchev–Trinajstić information content (AvgIpc) is 2.44. The van der Waals surface area contributed by atoms with Gasteiger partial charge in [0.2, 0.25) is 18.2 Å². The van der Waals surface area contributed by atoms with Gasteiger partial charge < -0.3 is 10.2 Å². The third kappa shape index (κ3) is 3.87. The highest BCUT2D eigenvalue weighted by Crippen LogP contribution is 2.43. The van der Waals surface area contributed by atoms with Crippen molar-refractivity contribution in [1.82, 2.24) is 0 Å². The highest BCUT2D eigenvalue weighted by Gasteiger charge is 2.48. The van der Waals surface area contributed by atoms with Gasteiger partial charge in [-0.15, -0.1) is 0 Å². The van der Waals surface area contributed by atoms with Gasteiger partial charge in [0.15, 0.2) is 0 Å². The molecule has 1 fully saturated rings. The molecule has 1 aromatic carbocycles. The van der Waals surface area contributed by atoms with Crippen molar-refractivity contribution in [3.63, 3.8) is 0 Å². The monoisotopic (exact) mass is 309 g/mol. The number of aliphatic imine (C=N–C) groups is 1. The highest BCUT2D eigenvalue weighted by molar-refractivity contribution is 5.80. The lowest BCUT2D eigenvalue weighted by Crippen LogP contribution is -2.40. The summed E-state index contributed by atoms with van der Waals surface area (Å²) in [5.74, 6) is -2.91. The number of hydrogen-bond donors (Lipinski definition) is 1. The Bertz CT molecular complexity index is 594. The van der Waals surface area contributed by atoms with Crippen LogP contribution in [0.1, 0.15) is 24.0 Å². The molecule has 2 rings (SSSR count). The summed E-state index contributed by atoms with van der Waals surface area (Å²) in [4.78, 5) is 19.7. The van der Waals surface area contributed by atoms with Crippen LogP contribution in [-0.2, 0) is 16.2 Å². The van der Waals surface area contributed by atoms with Crippen LogP contribution in [-0.4, -0.2) is 24.9 Å². The Balaban J connectivity index is 2.09. The maximum Gasteiger partial charge on any atom is 0.249 e. The van der Waals surface area contributed by atoms with Crippen LogP contribution < -0.4 is 5.32 Å². The number of halogens is 2. The molecule has 22 heavy (non-hydrogen) atoms. The highest BCUT2D eigenvalue weighted by atomic mass is 19.3. The van der Waals surface area contributed by atoms with E-state index < -0.39 is 11.8 Å². The van der Waals surface area contributed by atoms with E-state index in [9.17, 15) is 13.6 Å². The van der Waals surface area contributed by atoms with Crippen LogP contribution in [0.3, 0.4) is 0 Å². The lowest BCUT2D eigenvalue weighted by Gasteiger charge is -2.33. The molecule has 1 amide bonds. The predicted molar refractivity (Wildman–Crippen MR) is 80.3 cm³/mol. The number of amides is 1. The van der Waals surface area contributed by atoms with E-state index in [1.807, 2.05) is 19.1 Å². The number of benzene rings is 1. The van der Waals surface area contributed by atoms with Crippen LogP contribution in [0.4, 0.5) is 14.5 Å². The third-order valence-electron chi connectivity index (χ3n) is 3.53. The normalized spacial score (nSPS) is 17.5. The van der Waals surface area contributed by atoms with Crippen molar-refractivity contribution in [3.05, 3.63) is 29.3 Å². The molecule has 0 atom stereocenters. The fourth-order valence-corrected chi connectivity index (χ4v) is 2.29. The van der Waals surface area contributed by atoms with Crippen LogP contribution in [0.2, 0.25) is 0 Å². The maximum absolute atomic E-state index is 12.9. The number of alkyl halides is 2. The molecule has 118 valence electrons. The molecule has 0 bridgehead atoms. The molecular formula is C15H17F2N3O2. The first kappa shape index (κ1) is 16.1. The number of rotatable bonds is 6. The summed E-state index contributed by atoms with van der Waals surface area (Å²) in [6, 6.07) is 5.48. The molecule has 0 aliphatic heterocycles. The number of nitrogens with one attached hydrogen (secondary N) is 1. The summed E-state index contributed by atoms with van der Waals surface area (Å²) < 4.78 is 25.9. The number of nitrogens with zero attached hydrogens (tertiary/aromatic N) is 2. The third-order valence-corrected chi connectivity index (χ3v) is 3.53. The fraction of sp³-hybridized carbons (Fsp3) is 0.400. The summed E-state index contributed by atoms with van der Waals surface area (Å²) in [6.07, 6.45) is 0.0302. The topological polar surface area (TPSA) is 63.1 Å². The number of hydrogen-bond acceptors (Lipinski definition) is 4. The zero-order chi connectivity index (χ0) is 16.2. The quantitative estimate of drug-likeness (QED) is 0.380. The van der Waals surface area contributed by atoms with E-state index in [2.05, 4.69) is 22.2 Å². The van der Waals surface area contributed by atoms with E-state index in [1.54, 1.807) is 6.07 Å².